The molecule has 0 radical (unpaired) electrons. The van der Waals surface area contributed by atoms with Gasteiger partial charge in [-0.3, -0.25) is 0 Å². The lowest BCUT2D eigenvalue weighted by Crippen LogP contribution is -1.98. The van der Waals surface area contributed by atoms with Gasteiger partial charge < -0.3 is 5.73 Å². The molecule has 0 aliphatic rings. The first kappa shape index (κ1) is 10.7. The van der Waals surface area contributed by atoms with Gasteiger partial charge in [0, 0.05) is 5.69 Å². The first-order valence-corrected chi connectivity index (χ1v) is 5.53. The molecule has 0 atom stereocenters. The van der Waals surface area contributed by atoms with E-state index < -0.39 is 0 Å². The number of fused-ring (bicyclic) bond motifs is 1. The molecule has 90 valence electrons. The molecule has 2 heterocycles. The summed E-state index contributed by atoms with van der Waals surface area (Å²) in [5.41, 5.74) is 8.14. The number of halogens is 1. The molecule has 4 nitrogen and oxygen atoms in total. The predicted octanol–water partition coefficient (Wildman–Crippen LogP) is 2.45. The molecule has 0 amide bonds. The second-order valence-electron chi connectivity index (χ2n) is 4.10. The van der Waals surface area contributed by atoms with Gasteiger partial charge in [-0.1, -0.05) is 0 Å². The molecule has 1 aromatic carbocycles. The van der Waals surface area contributed by atoms with Gasteiger partial charge in [-0.25, -0.2) is 14.1 Å². The Hall–Kier alpha value is -2.43. The van der Waals surface area contributed by atoms with Gasteiger partial charge in [0.05, 0.1) is 11.1 Å². The summed E-state index contributed by atoms with van der Waals surface area (Å²) < 4.78 is 14.5. The Bertz CT molecular complexity index is 716. The number of hydrogen-bond acceptors (Lipinski definition) is 3. The van der Waals surface area contributed by atoms with Crippen molar-refractivity contribution in [3.63, 3.8) is 0 Å². The van der Waals surface area contributed by atoms with Gasteiger partial charge in [-0.2, -0.15) is 0 Å². The van der Waals surface area contributed by atoms with E-state index >= 15 is 0 Å². The molecule has 18 heavy (non-hydrogen) atoms. The molecule has 0 aliphatic carbocycles. The summed E-state index contributed by atoms with van der Waals surface area (Å²) in [5.74, 6) is 0.133. The lowest BCUT2D eigenvalue weighted by atomic mass is 10.3. The molecular weight excluding hydrogens is 231 g/mol. The van der Waals surface area contributed by atoms with Crippen LogP contribution in [0.4, 0.5) is 10.2 Å². The Morgan fingerprint density at radius 2 is 1.83 bits per heavy atom. The summed E-state index contributed by atoms with van der Waals surface area (Å²) in [4.78, 5) is 4.42. The maximum atomic E-state index is 12.9. The predicted molar refractivity (Wildman–Crippen MR) is 68.0 cm³/mol. The summed E-state index contributed by atoms with van der Waals surface area (Å²) in [7, 11) is 0. The van der Waals surface area contributed by atoms with E-state index in [-0.39, 0.29) is 5.82 Å². The number of hydrogen-bond donors (Lipinski definition) is 1. The maximum Gasteiger partial charge on any atom is 0.165 e. The van der Waals surface area contributed by atoms with Gasteiger partial charge in [0.15, 0.2) is 11.5 Å². The van der Waals surface area contributed by atoms with E-state index in [1.807, 2.05) is 19.1 Å². The monoisotopic (exact) mass is 242 g/mol. The average molecular weight is 242 g/mol. The molecule has 2 aromatic heterocycles. The molecule has 3 rings (SSSR count). The van der Waals surface area contributed by atoms with Gasteiger partial charge in [-0.15, -0.1) is 5.10 Å². The van der Waals surface area contributed by atoms with Crippen molar-refractivity contribution in [3.05, 3.63) is 47.9 Å². The highest BCUT2D eigenvalue weighted by atomic mass is 19.1. The molecule has 2 N–H and O–H groups in total. The maximum absolute atomic E-state index is 12.9. The zero-order chi connectivity index (χ0) is 12.7. The molecule has 0 fully saturated rings. The van der Waals surface area contributed by atoms with E-state index in [1.165, 1.54) is 12.1 Å². The highest BCUT2D eigenvalue weighted by Crippen LogP contribution is 2.22. The number of nitrogen functional groups attached to an aromatic ring is 1. The van der Waals surface area contributed by atoms with E-state index in [4.69, 9.17) is 5.73 Å². The van der Waals surface area contributed by atoms with Gasteiger partial charge in [0.25, 0.3) is 0 Å². The van der Waals surface area contributed by atoms with E-state index in [0.717, 1.165) is 16.8 Å². The molecule has 0 aliphatic heterocycles. The lowest BCUT2D eigenvalue weighted by molar-refractivity contribution is 0.627. The van der Waals surface area contributed by atoms with E-state index in [9.17, 15) is 4.39 Å². The SMILES string of the molecule is Cc1ccc2c(N)nn(-c3ccc(F)cc3)c2n1. The number of rotatable bonds is 1. The number of benzene rings is 1. The van der Waals surface area contributed by atoms with Crippen LogP contribution >= 0.6 is 0 Å². The minimum atomic E-state index is -0.285. The van der Waals surface area contributed by atoms with Crippen LogP contribution in [0.2, 0.25) is 0 Å². The second kappa shape index (κ2) is 3.80. The fraction of sp³-hybridized carbons (Fsp3) is 0.0769. The Kier molecular flexibility index (Phi) is 2.26. The summed E-state index contributed by atoms with van der Waals surface area (Å²) >= 11 is 0. The third kappa shape index (κ3) is 1.60. The molecule has 3 aromatic rings. The first-order valence-electron chi connectivity index (χ1n) is 5.53. The number of pyridine rings is 1. The number of nitrogens with zero attached hydrogens (tertiary/aromatic N) is 3. The zero-order valence-electron chi connectivity index (χ0n) is 9.76. The van der Waals surface area contributed by atoms with Crippen LogP contribution in [0.25, 0.3) is 16.7 Å². The molecular formula is C13H11FN4. The Labute approximate surface area is 103 Å². The third-order valence-corrected chi connectivity index (χ3v) is 2.77. The van der Waals surface area contributed by atoms with Crippen LogP contribution in [0.3, 0.4) is 0 Å². The van der Waals surface area contributed by atoms with Crippen LogP contribution in [0.15, 0.2) is 36.4 Å². The number of aromatic nitrogens is 3. The minimum Gasteiger partial charge on any atom is -0.382 e. The average Bonchev–Trinajstić information content (AvgIpc) is 2.67. The number of nitrogens with two attached hydrogens (primary N) is 1. The summed E-state index contributed by atoms with van der Waals surface area (Å²) in [5, 5.41) is 5.04. The van der Waals surface area contributed by atoms with Crippen molar-refractivity contribution >= 4 is 16.9 Å². The standard InChI is InChI=1S/C13H11FN4/c1-8-2-7-11-12(15)17-18(13(11)16-8)10-5-3-9(14)4-6-10/h2-7H,1H3,(H2,15,17). The van der Waals surface area contributed by atoms with E-state index in [0.29, 0.717) is 11.5 Å². The third-order valence-electron chi connectivity index (χ3n) is 2.77. The molecule has 5 heteroatoms. The lowest BCUT2D eigenvalue weighted by Gasteiger charge is -2.02. The fourth-order valence-corrected chi connectivity index (χ4v) is 1.88. The van der Waals surface area contributed by atoms with Crippen LogP contribution in [0.1, 0.15) is 5.69 Å². The van der Waals surface area contributed by atoms with Crippen LogP contribution < -0.4 is 5.73 Å². The van der Waals surface area contributed by atoms with Crippen molar-refractivity contribution in [3.8, 4) is 5.69 Å². The summed E-state index contributed by atoms with van der Waals surface area (Å²) in [6.07, 6.45) is 0. The Morgan fingerprint density at radius 3 is 2.56 bits per heavy atom. The van der Waals surface area contributed by atoms with Crippen molar-refractivity contribution < 1.29 is 4.39 Å². The summed E-state index contributed by atoms with van der Waals surface area (Å²) in [6, 6.07) is 9.83. The highest BCUT2D eigenvalue weighted by Gasteiger charge is 2.10. The van der Waals surface area contributed by atoms with E-state index in [1.54, 1.807) is 16.8 Å². The van der Waals surface area contributed by atoms with E-state index in [2.05, 4.69) is 10.1 Å². The van der Waals surface area contributed by atoms with Gasteiger partial charge in [0.2, 0.25) is 0 Å². The second-order valence-corrected chi connectivity index (χ2v) is 4.10. The molecule has 0 spiro atoms. The van der Waals surface area contributed by atoms with Crippen molar-refractivity contribution in [1.29, 1.82) is 0 Å². The normalized spacial score (nSPS) is 11.0. The minimum absolute atomic E-state index is 0.285. The fourth-order valence-electron chi connectivity index (χ4n) is 1.88. The molecule has 0 saturated carbocycles. The summed E-state index contributed by atoms with van der Waals surface area (Å²) in [6.45, 7) is 1.90. The highest BCUT2D eigenvalue weighted by molar-refractivity contribution is 5.87. The molecule has 0 unspecified atom stereocenters. The van der Waals surface area contributed by atoms with Crippen molar-refractivity contribution in [2.24, 2.45) is 0 Å². The van der Waals surface area contributed by atoms with Crippen molar-refractivity contribution in [2.45, 2.75) is 6.92 Å². The van der Waals surface area contributed by atoms with Crippen LogP contribution in [-0.4, -0.2) is 14.8 Å². The van der Waals surface area contributed by atoms with Gasteiger partial charge in [-0.05, 0) is 43.3 Å². The van der Waals surface area contributed by atoms with Crippen molar-refractivity contribution in [1.82, 2.24) is 14.8 Å². The zero-order valence-corrected chi connectivity index (χ0v) is 9.76. The van der Waals surface area contributed by atoms with Crippen LogP contribution in [0.5, 0.6) is 0 Å². The smallest absolute Gasteiger partial charge is 0.165 e. The Balaban J connectivity index is 2.28. The van der Waals surface area contributed by atoms with Gasteiger partial charge in [0.1, 0.15) is 5.82 Å². The largest absolute Gasteiger partial charge is 0.382 e. The van der Waals surface area contributed by atoms with Crippen LogP contribution in [-0.2, 0) is 0 Å². The van der Waals surface area contributed by atoms with Crippen LogP contribution in [0, 0.1) is 12.7 Å². The topological polar surface area (TPSA) is 56.7 Å². The number of anilines is 1. The first-order chi connectivity index (χ1) is 8.65. The Morgan fingerprint density at radius 1 is 1.11 bits per heavy atom. The van der Waals surface area contributed by atoms with Crippen molar-refractivity contribution in [2.75, 3.05) is 5.73 Å². The molecule has 0 saturated heterocycles. The van der Waals surface area contributed by atoms with Gasteiger partial charge >= 0.3 is 0 Å². The number of aryl methyl sites for hydroxylation is 1. The quantitative estimate of drug-likeness (QED) is 0.713. The molecule has 0 bridgehead atoms.